The first-order valence-electron chi connectivity index (χ1n) is 7.66. The highest BCUT2D eigenvalue weighted by molar-refractivity contribution is 5.82. The molecule has 1 amide bonds. The van der Waals surface area contributed by atoms with Gasteiger partial charge in [0.15, 0.2) is 0 Å². The third-order valence-electron chi connectivity index (χ3n) is 4.28. The van der Waals surface area contributed by atoms with Crippen LogP contribution in [0.5, 0.6) is 0 Å². The van der Waals surface area contributed by atoms with Crippen LogP contribution >= 0.6 is 0 Å². The Morgan fingerprint density at radius 2 is 2.13 bits per heavy atom. The zero-order chi connectivity index (χ0) is 16.4. The van der Waals surface area contributed by atoms with Crippen LogP contribution in [0.1, 0.15) is 23.6 Å². The van der Waals surface area contributed by atoms with Crippen molar-refractivity contribution in [1.82, 2.24) is 9.88 Å². The van der Waals surface area contributed by atoms with Crippen LogP contribution in [0, 0.1) is 17.6 Å². The first kappa shape index (κ1) is 15.6. The number of carbonyl (C=O) groups excluding carboxylic acids is 1. The number of hydrogen-bond donors (Lipinski definition) is 0. The Labute approximate surface area is 134 Å². The smallest absolute Gasteiger partial charge is 0.226 e. The standard InChI is InChI=1S/C18H18F2N2O/c1-22(9-7-13-4-2-3-8-21-13)18(23)16-11-15(16)14-6-5-12(19)10-17(14)20/h2-6,8,10,15-16H,7,9,11H2,1H3/t15-,16+/m1/s1. The van der Waals surface area contributed by atoms with Gasteiger partial charge >= 0.3 is 0 Å². The van der Waals surface area contributed by atoms with Crippen LogP contribution in [0.2, 0.25) is 0 Å². The summed E-state index contributed by atoms with van der Waals surface area (Å²) in [5.41, 5.74) is 1.37. The van der Waals surface area contributed by atoms with Gasteiger partial charge in [-0.3, -0.25) is 9.78 Å². The third kappa shape index (κ3) is 3.55. The van der Waals surface area contributed by atoms with E-state index in [9.17, 15) is 13.6 Å². The van der Waals surface area contributed by atoms with Crippen LogP contribution in [-0.2, 0) is 11.2 Å². The van der Waals surface area contributed by atoms with Crippen molar-refractivity contribution in [3.8, 4) is 0 Å². The van der Waals surface area contributed by atoms with Gasteiger partial charge in [0.25, 0.3) is 0 Å². The average molecular weight is 316 g/mol. The van der Waals surface area contributed by atoms with Crippen LogP contribution in [0.4, 0.5) is 8.78 Å². The molecule has 0 saturated heterocycles. The highest BCUT2D eigenvalue weighted by atomic mass is 19.1. The van der Waals surface area contributed by atoms with Crippen LogP contribution in [-0.4, -0.2) is 29.4 Å². The second-order valence-electron chi connectivity index (χ2n) is 5.95. The van der Waals surface area contributed by atoms with Crippen LogP contribution < -0.4 is 0 Å². The molecule has 0 unspecified atom stereocenters. The number of pyridine rings is 1. The number of carbonyl (C=O) groups is 1. The van der Waals surface area contributed by atoms with Gasteiger partial charge in [0, 0.05) is 43.9 Å². The highest BCUT2D eigenvalue weighted by Crippen LogP contribution is 2.49. The molecule has 23 heavy (non-hydrogen) atoms. The van der Waals surface area contributed by atoms with Crippen LogP contribution in [0.3, 0.4) is 0 Å². The molecule has 0 radical (unpaired) electrons. The lowest BCUT2D eigenvalue weighted by atomic mass is 10.1. The van der Waals surface area contributed by atoms with E-state index in [1.54, 1.807) is 18.1 Å². The molecule has 120 valence electrons. The summed E-state index contributed by atoms with van der Waals surface area (Å²) >= 11 is 0. The number of likely N-dealkylation sites (N-methyl/N-ethyl adjacent to an activating group) is 1. The van der Waals surface area contributed by atoms with Crippen molar-refractivity contribution in [3.05, 3.63) is 65.5 Å². The molecule has 1 heterocycles. The maximum Gasteiger partial charge on any atom is 0.226 e. The Morgan fingerprint density at radius 3 is 2.83 bits per heavy atom. The fourth-order valence-corrected chi connectivity index (χ4v) is 2.84. The quantitative estimate of drug-likeness (QED) is 0.849. The van der Waals surface area contributed by atoms with Crippen LogP contribution in [0.15, 0.2) is 42.6 Å². The van der Waals surface area contributed by atoms with Crippen molar-refractivity contribution < 1.29 is 13.6 Å². The van der Waals surface area contributed by atoms with E-state index >= 15 is 0 Å². The normalized spacial score (nSPS) is 19.4. The van der Waals surface area contributed by atoms with Gasteiger partial charge < -0.3 is 4.90 Å². The SMILES string of the molecule is CN(CCc1ccccn1)C(=O)[C@H]1C[C@@H]1c1ccc(F)cc1F. The summed E-state index contributed by atoms with van der Waals surface area (Å²) in [7, 11) is 1.75. The minimum atomic E-state index is -0.595. The van der Waals surface area contributed by atoms with Gasteiger partial charge in [0.2, 0.25) is 5.91 Å². The minimum Gasteiger partial charge on any atom is -0.345 e. The second kappa shape index (κ2) is 6.44. The summed E-state index contributed by atoms with van der Waals surface area (Å²) in [5.74, 6) is -1.50. The number of nitrogens with zero attached hydrogens (tertiary/aromatic N) is 2. The van der Waals surface area contributed by atoms with E-state index in [0.29, 0.717) is 24.9 Å². The predicted molar refractivity (Wildman–Crippen MR) is 82.8 cm³/mol. The number of benzene rings is 1. The molecule has 0 spiro atoms. The number of aromatic nitrogens is 1. The Hall–Kier alpha value is -2.30. The van der Waals surface area contributed by atoms with Gasteiger partial charge in [0.1, 0.15) is 11.6 Å². The fourth-order valence-electron chi connectivity index (χ4n) is 2.84. The molecule has 1 aliphatic rings. The van der Waals surface area contributed by atoms with Crippen molar-refractivity contribution in [2.75, 3.05) is 13.6 Å². The maximum absolute atomic E-state index is 13.8. The Balaban J connectivity index is 1.57. The van der Waals surface area contributed by atoms with E-state index < -0.39 is 11.6 Å². The van der Waals surface area contributed by atoms with E-state index in [4.69, 9.17) is 0 Å². The predicted octanol–water partition coefficient (Wildman–Crippen LogP) is 3.16. The summed E-state index contributed by atoms with van der Waals surface area (Å²) in [6.45, 7) is 0.574. The zero-order valence-corrected chi connectivity index (χ0v) is 12.9. The van der Waals surface area contributed by atoms with Gasteiger partial charge in [-0.05, 0) is 36.1 Å². The lowest BCUT2D eigenvalue weighted by Crippen LogP contribution is -2.30. The van der Waals surface area contributed by atoms with Crippen LogP contribution in [0.25, 0.3) is 0 Å². The molecule has 3 nitrogen and oxygen atoms in total. The number of rotatable bonds is 5. The molecular weight excluding hydrogens is 298 g/mol. The van der Waals surface area contributed by atoms with E-state index in [1.807, 2.05) is 18.2 Å². The first-order valence-corrected chi connectivity index (χ1v) is 7.66. The van der Waals surface area contributed by atoms with Crippen molar-refractivity contribution in [3.63, 3.8) is 0 Å². The van der Waals surface area contributed by atoms with E-state index in [0.717, 1.165) is 11.8 Å². The molecule has 1 aromatic heterocycles. The van der Waals surface area contributed by atoms with Gasteiger partial charge in [-0.2, -0.15) is 0 Å². The topological polar surface area (TPSA) is 33.2 Å². The van der Waals surface area contributed by atoms with Crippen molar-refractivity contribution in [2.24, 2.45) is 5.92 Å². The lowest BCUT2D eigenvalue weighted by Gasteiger charge is -2.17. The number of amides is 1. The fraction of sp³-hybridized carbons (Fsp3) is 0.333. The summed E-state index contributed by atoms with van der Waals surface area (Å²) in [4.78, 5) is 18.3. The van der Waals surface area contributed by atoms with Gasteiger partial charge in [0.05, 0.1) is 0 Å². The summed E-state index contributed by atoms with van der Waals surface area (Å²) in [6, 6.07) is 9.24. The molecule has 1 aliphatic carbocycles. The summed E-state index contributed by atoms with van der Waals surface area (Å²) in [6.07, 6.45) is 3.03. The molecule has 0 N–H and O–H groups in total. The van der Waals surface area contributed by atoms with Gasteiger partial charge in [-0.25, -0.2) is 8.78 Å². The molecule has 0 aliphatic heterocycles. The van der Waals surface area contributed by atoms with Crippen molar-refractivity contribution in [1.29, 1.82) is 0 Å². The Bertz CT molecular complexity index is 705. The van der Waals surface area contributed by atoms with Crippen molar-refractivity contribution in [2.45, 2.75) is 18.8 Å². The molecule has 2 aromatic rings. The molecule has 5 heteroatoms. The molecule has 3 rings (SSSR count). The van der Waals surface area contributed by atoms with E-state index in [-0.39, 0.29) is 17.7 Å². The lowest BCUT2D eigenvalue weighted by molar-refractivity contribution is -0.131. The molecule has 2 atom stereocenters. The number of hydrogen-bond acceptors (Lipinski definition) is 2. The maximum atomic E-state index is 13.8. The monoisotopic (exact) mass is 316 g/mol. The largest absolute Gasteiger partial charge is 0.345 e. The zero-order valence-electron chi connectivity index (χ0n) is 12.9. The van der Waals surface area contributed by atoms with Gasteiger partial charge in [-0.1, -0.05) is 12.1 Å². The molecule has 1 saturated carbocycles. The molecular formula is C18H18F2N2O. The Morgan fingerprint density at radius 1 is 1.30 bits per heavy atom. The number of halogens is 2. The molecule has 1 aromatic carbocycles. The second-order valence-corrected chi connectivity index (χ2v) is 5.95. The average Bonchev–Trinajstić information content (AvgIpc) is 3.33. The first-order chi connectivity index (χ1) is 11.1. The summed E-state index contributed by atoms with van der Waals surface area (Å²) < 4.78 is 26.7. The summed E-state index contributed by atoms with van der Waals surface area (Å²) in [5, 5.41) is 0. The minimum absolute atomic E-state index is 0.00894. The molecule has 0 bridgehead atoms. The Kier molecular flexibility index (Phi) is 4.37. The van der Waals surface area contributed by atoms with E-state index in [1.165, 1.54) is 12.1 Å². The van der Waals surface area contributed by atoms with Crippen molar-refractivity contribution >= 4 is 5.91 Å². The van der Waals surface area contributed by atoms with E-state index in [2.05, 4.69) is 4.98 Å². The highest BCUT2D eigenvalue weighted by Gasteiger charge is 2.46. The third-order valence-corrected chi connectivity index (χ3v) is 4.28. The molecule has 1 fully saturated rings. The van der Waals surface area contributed by atoms with Gasteiger partial charge in [-0.15, -0.1) is 0 Å².